The fourth-order valence-corrected chi connectivity index (χ4v) is 1.48. The van der Waals surface area contributed by atoms with Crippen LogP contribution in [0.2, 0.25) is 5.15 Å². The number of nitrogens with zero attached hydrogens (tertiary/aromatic N) is 4. The Morgan fingerprint density at radius 1 is 1.50 bits per heavy atom. The van der Waals surface area contributed by atoms with E-state index in [0.717, 1.165) is 5.56 Å². The van der Waals surface area contributed by atoms with Gasteiger partial charge in [0.2, 0.25) is 6.33 Å². The highest BCUT2D eigenvalue weighted by Gasteiger charge is 2.09. The molecule has 0 saturated heterocycles. The van der Waals surface area contributed by atoms with Crippen molar-refractivity contribution in [2.45, 2.75) is 6.54 Å². The molecule has 0 N–H and O–H groups in total. The van der Waals surface area contributed by atoms with E-state index in [4.69, 9.17) is 11.6 Å². The summed E-state index contributed by atoms with van der Waals surface area (Å²) in [6.45, 7) is 0.475. The van der Waals surface area contributed by atoms with Crippen molar-refractivity contribution in [2.24, 2.45) is 0 Å². The molecule has 82 valence electrons. The van der Waals surface area contributed by atoms with Crippen molar-refractivity contribution < 1.29 is 4.92 Å². The minimum Gasteiger partial charge on any atom is -0.358 e. The topological polar surface area (TPSA) is 73.8 Å². The highest BCUT2D eigenvalue weighted by molar-refractivity contribution is 6.29. The molecular formula is C9H7ClN4O2. The smallest absolute Gasteiger partial charge is 0.358 e. The van der Waals surface area contributed by atoms with E-state index in [2.05, 4.69) is 9.97 Å². The second-order valence-corrected chi connectivity index (χ2v) is 3.54. The molecule has 0 unspecified atom stereocenters. The van der Waals surface area contributed by atoms with Crippen LogP contribution in [0, 0.1) is 10.1 Å². The van der Waals surface area contributed by atoms with Gasteiger partial charge in [0.25, 0.3) is 0 Å². The Balaban J connectivity index is 2.17. The Kier molecular flexibility index (Phi) is 2.82. The summed E-state index contributed by atoms with van der Waals surface area (Å²) in [7, 11) is 0. The molecular weight excluding hydrogens is 232 g/mol. The molecule has 16 heavy (non-hydrogen) atoms. The maximum Gasteiger partial charge on any atom is 0.381 e. The van der Waals surface area contributed by atoms with E-state index >= 15 is 0 Å². The molecule has 0 spiro atoms. The average Bonchev–Trinajstić information content (AvgIpc) is 2.66. The summed E-state index contributed by atoms with van der Waals surface area (Å²) >= 11 is 5.72. The number of hydrogen-bond donors (Lipinski definition) is 0. The lowest BCUT2D eigenvalue weighted by molar-refractivity contribution is -0.389. The number of halogens is 1. The van der Waals surface area contributed by atoms with E-state index in [9.17, 15) is 10.1 Å². The highest BCUT2D eigenvalue weighted by atomic mass is 35.5. The predicted molar refractivity (Wildman–Crippen MR) is 57.2 cm³/mol. The summed E-state index contributed by atoms with van der Waals surface area (Å²) in [6, 6.07) is 3.49. The van der Waals surface area contributed by atoms with Gasteiger partial charge in [-0.15, -0.1) is 0 Å². The van der Waals surface area contributed by atoms with Crippen LogP contribution in [0.4, 0.5) is 5.82 Å². The molecule has 0 radical (unpaired) electrons. The van der Waals surface area contributed by atoms with Gasteiger partial charge in [-0.05, 0) is 27.6 Å². The maximum atomic E-state index is 10.4. The van der Waals surface area contributed by atoms with Gasteiger partial charge in [0.1, 0.15) is 11.3 Å². The first-order valence-corrected chi connectivity index (χ1v) is 4.79. The Morgan fingerprint density at radius 3 is 2.94 bits per heavy atom. The monoisotopic (exact) mass is 238 g/mol. The van der Waals surface area contributed by atoms with Gasteiger partial charge >= 0.3 is 5.82 Å². The van der Waals surface area contributed by atoms with Crippen molar-refractivity contribution in [1.82, 2.24) is 14.5 Å². The first kappa shape index (κ1) is 10.6. The van der Waals surface area contributed by atoms with Crippen LogP contribution in [-0.2, 0) is 6.54 Å². The lowest BCUT2D eigenvalue weighted by atomic mass is 10.3. The van der Waals surface area contributed by atoms with Gasteiger partial charge in [0.15, 0.2) is 0 Å². The normalized spacial score (nSPS) is 10.3. The fourth-order valence-electron chi connectivity index (χ4n) is 1.28. The molecule has 0 fully saturated rings. The summed E-state index contributed by atoms with van der Waals surface area (Å²) in [4.78, 5) is 17.4. The third-order valence-corrected chi connectivity index (χ3v) is 2.17. The van der Waals surface area contributed by atoms with Gasteiger partial charge in [0.05, 0.1) is 6.54 Å². The van der Waals surface area contributed by atoms with Crippen LogP contribution in [0.5, 0.6) is 0 Å². The molecule has 0 saturated carbocycles. The SMILES string of the molecule is O=[N+]([O-])c1cn(Cc2ccnc(Cl)c2)cn1. The Hall–Kier alpha value is -1.95. The van der Waals surface area contributed by atoms with Gasteiger partial charge in [0, 0.05) is 6.20 Å². The van der Waals surface area contributed by atoms with E-state index in [0.29, 0.717) is 11.7 Å². The van der Waals surface area contributed by atoms with Gasteiger partial charge < -0.3 is 14.7 Å². The molecule has 2 aromatic rings. The zero-order chi connectivity index (χ0) is 11.5. The Bertz CT molecular complexity index is 526. The van der Waals surface area contributed by atoms with Crippen molar-refractivity contribution in [2.75, 3.05) is 0 Å². The first-order valence-electron chi connectivity index (χ1n) is 4.42. The van der Waals surface area contributed by atoms with Crippen molar-refractivity contribution in [3.63, 3.8) is 0 Å². The number of pyridine rings is 1. The molecule has 0 atom stereocenters. The van der Waals surface area contributed by atoms with Crippen LogP contribution in [0.1, 0.15) is 5.56 Å². The van der Waals surface area contributed by atoms with Gasteiger partial charge in [-0.3, -0.25) is 0 Å². The summed E-state index contributed by atoms with van der Waals surface area (Å²) < 4.78 is 1.61. The molecule has 2 heterocycles. The molecule has 0 aliphatic rings. The van der Waals surface area contributed by atoms with Crippen LogP contribution in [-0.4, -0.2) is 19.5 Å². The van der Waals surface area contributed by atoms with E-state index in [1.165, 1.54) is 12.5 Å². The molecule has 6 nitrogen and oxygen atoms in total. The lowest BCUT2D eigenvalue weighted by Gasteiger charge is -2.00. The molecule has 7 heteroatoms. The first-order chi connectivity index (χ1) is 7.65. The van der Waals surface area contributed by atoms with Crippen LogP contribution in [0.15, 0.2) is 30.9 Å². The van der Waals surface area contributed by atoms with E-state index < -0.39 is 4.92 Å². The third kappa shape index (κ3) is 2.34. The Morgan fingerprint density at radius 2 is 2.31 bits per heavy atom. The molecule has 0 bridgehead atoms. The number of aromatic nitrogens is 3. The third-order valence-electron chi connectivity index (χ3n) is 1.96. The van der Waals surface area contributed by atoms with Gasteiger partial charge in [-0.2, -0.15) is 0 Å². The van der Waals surface area contributed by atoms with Crippen molar-refractivity contribution in [1.29, 1.82) is 0 Å². The summed E-state index contributed by atoms with van der Waals surface area (Å²) in [5.41, 5.74) is 0.910. The van der Waals surface area contributed by atoms with Crippen LogP contribution in [0.25, 0.3) is 0 Å². The second kappa shape index (κ2) is 4.28. The summed E-state index contributed by atoms with van der Waals surface area (Å²) in [5, 5.41) is 10.8. The van der Waals surface area contributed by atoms with Gasteiger partial charge in [-0.25, -0.2) is 4.98 Å². The minimum absolute atomic E-state index is 0.167. The van der Waals surface area contributed by atoms with E-state index in [1.54, 1.807) is 22.9 Å². The average molecular weight is 239 g/mol. The molecule has 2 rings (SSSR count). The molecule has 0 aliphatic heterocycles. The number of imidazole rings is 1. The summed E-state index contributed by atoms with van der Waals surface area (Å²) in [6.07, 6.45) is 4.36. The second-order valence-electron chi connectivity index (χ2n) is 3.15. The molecule has 0 amide bonds. The molecule has 0 aliphatic carbocycles. The number of rotatable bonds is 3. The zero-order valence-electron chi connectivity index (χ0n) is 8.08. The van der Waals surface area contributed by atoms with Gasteiger partial charge in [-0.1, -0.05) is 11.6 Å². The minimum atomic E-state index is -0.532. The molecule has 2 aromatic heterocycles. The van der Waals surface area contributed by atoms with Crippen molar-refractivity contribution in [3.8, 4) is 0 Å². The summed E-state index contributed by atoms with van der Waals surface area (Å²) in [5.74, 6) is -0.167. The standard InChI is InChI=1S/C9H7ClN4O2/c10-8-3-7(1-2-11-8)4-13-5-9(12-6-13)14(15)16/h1-3,5-6H,4H2. The highest BCUT2D eigenvalue weighted by Crippen LogP contribution is 2.11. The largest absolute Gasteiger partial charge is 0.381 e. The Labute approximate surface area is 95.7 Å². The zero-order valence-corrected chi connectivity index (χ0v) is 8.83. The lowest BCUT2D eigenvalue weighted by Crippen LogP contribution is -1.96. The van der Waals surface area contributed by atoms with Crippen LogP contribution < -0.4 is 0 Å². The van der Waals surface area contributed by atoms with E-state index in [-0.39, 0.29) is 5.82 Å². The molecule has 0 aromatic carbocycles. The van der Waals surface area contributed by atoms with Crippen LogP contribution in [0.3, 0.4) is 0 Å². The number of hydrogen-bond acceptors (Lipinski definition) is 4. The number of nitro groups is 1. The van der Waals surface area contributed by atoms with Crippen molar-refractivity contribution >= 4 is 17.4 Å². The maximum absolute atomic E-state index is 10.4. The fraction of sp³-hybridized carbons (Fsp3) is 0.111. The van der Waals surface area contributed by atoms with Crippen LogP contribution >= 0.6 is 11.6 Å². The quantitative estimate of drug-likeness (QED) is 0.465. The van der Waals surface area contributed by atoms with E-state index in [1.807, 2.05) is 0 Å². The predicted octanol–water partition coefficient (Wildman–Crippen LogP) is 1.89. The van der Waals surface area contributed by atoms with Crippen molar-refractivity contribution in [3.05, 3.63) is 51.7 Å².